The highest BCUT2D eigenvalue weighted by Crippen LogP contribution is 2.12. The Balaban J connectivity index is 1.76. The first-order chi connectivity index (χ1) is 8.43. The van der Waals surface area contributed by atoms with E-state index < -0.39 is 0 Å². The van der Waals surface area contributed by atoms with Gasteiger partial charge in [0.15, 0.2) is 0 Å². The molecule has 0 aromatic carbocycles. The van der Waals surface area contributed by atoms with E-state index in [1.54, 1.807) is 5.57 Å². The second-order valence-corrected chi connectivity index (χ2v) is 5.41. The lowest BCUT2D eigenvalue weighted by Crippen LogP contribution is -2.04. The quantitative estimate of drug-likeness (QED) is 0.424. The molecule has 0 amide bonds. The SMILES string of the molecule is CCCCCCCCCCCC=C1CCNC1. The number of nitrogens with one attached hydrogen (secondary N) is 1. The van der Waals surface area contributed by atoms with Crippen molar-refractivity contribution < 1.29 is 0 Å². The van der Waals surface area contributed by atoms with Crippen LogP contribution < -0.4 is 5.32 Å². The van der Waals surface area contributed by atoms with Gasteiger partial charge in [0.1, 0.15) is 0 Å². The molecule has 17 heavy (non-hydrogen) atoms. The largest absolute Gasteiger partial charge is 0.313 e. The molecule has 1 aliphatic rings. The van der Waals surface area contributed by atoms with E-state index in [2.05, 4.69) is 18.3 Å². The molecule has 100 valence electrons. The van der Waals surface area contributed by atoms with Crippen molar-refractivity contribution in [2.24, 2.45) is 0 Å². The average Bonchev–Trinajstić information content (AvgIpc) is 2.85. The topological polar surface area (TPSA) is 12.0 Å². The zero-order valence-electron chi connectivity index (χ0n) is 11.8. The van der Waals surface area contributed by atoms with Crippen LogP contribution in [0.5, 0.6) is 0 Å². The first kappa shape index (κ1) is 14.8. The molecule has 0 aliphatic carbocycles. The van der Waals surface area contributed by atoms with E-state index in [0.717, 1.165) is 6.54 Å². The van der Waals surface area contributed by atoms with Crippen molar-refractivity contribution in [2.45, 2.75) is 77.6 Å². The Labute approximate surface area is 108 Å². The van der Waals surface area contributed by atoms with Crippen LogP contribution in [0.4, 0.5) is 0 Å². The highest BCUT2D eigenvalue weighted by Gasteiger charge is 2.03. The van der Waals surface area contributed by atoms with Gasteiger partial charge in [0.05, 0.1) is 0 Å². The lowest BCUT2D eigenvalue weighted by atomic mass is 10.1. The molecule has 0 unspecified atom stereocenters. The lowest BCUT2D eigenvalue weighted by molar-refractivity contribution is 0.566. The van der Waals surface area contributed by atoms with E-state index >= 15 is 0 Å². The Morgan fingerprint density at radius 1 is 0.941 bits per heavy atom. The summed E-state index contributed by atoms with van der Waals surface area (Å²) >= 11 is 0. The Morgan fingerprint density at radius 3 is 2.18 bits per heavy atom. The van der Waals surface area contributed by atoms with Gasteiger partial charge in [-0.2, -0.15) is 0 Å². The van der Waals surface area contributed by atoms with Crippen molar-refractivity contribution in [1.29, 1.82) is 0 Å². The number of unbranched alkanes of at least 4 members (excludes halogenated alkanes) is 9. The van der Waals surface area contributed by atoms with Gasteiger partial charge in [-0.15, -0.1) is 0 Å². The third-order valence-corrected chi connectivity index (χ3v) is 3.72. The minimum atomic E-state index is 1.15. The maximum atomic E-state index is 3.39. The number of hydrogen-bond donors (Lipinski definition) is 1. The molecule has 0 radical (unpaired) electrons. The zero-order chi connectivity index (χ0) is 12.2. The third kappa shape index (κ3) is 8.43. The van der Waals surface area contributed by atoms with Gasteiger partial charge in [0, 0.05) is 6.54 Å². The maximum absolute atomic E-state index is 3.39. The van der Waals surface area contributed by atoms with Crippen LogP contribution in [0.15, 0.2) is 11.6 Å². The summed E-state index contributed by atoms with van der Waals surface area (Å²) < 4.78 is 0. The predicted octanol–water partition coefficient (Wildman–Crippen LogP) is 4.83. The first-order valence-electron chi connectivity index (χ1n) is 7.82. The second kappa shape index (κ2) is 10.8. The molecule has 1 fully saturated rings. The molecule has 0 aromatic rings. The van der Waals surface area contributed by atoms with E-state index in [0.29, 0.717) is 0 Å². The molecule has 1 nitrogen and oxygen atoms in total. The van der Waals surface area contributed by atoms with Gasteiger partial charge in [-0.3, -0.25) is 0 Å². The summed E-state index contributed by atoms with van der Waals surface area (Å²) in [5.74, 6) is 0. The normalized spacial score (nSPS) is 18.1. The molecule has 1 heterocycles. The summed E-state index contributed by atoms with van der Waals surface area (Å²) in [5, 5.41) is 3.39. The standard InChI is InChI=1S/C16H31N/c1-2-3-4-5-6-7-8-9-10-11-12-16-13-14-17-15-16/h12,17H,2-11,13-15H2,1H3. The van der Waals surface area contributed by atoms with Crippen molar-refractivity contribution in [2.75, 3.05) is 13.1 Å². The van der Waals surface area contributed by atoms with Crippen molar-refractivity contribution in [3.8, 4) is 0 Å². The molecule has 0 saturated carbocycles. The average molecular weight is 237 g/mol. The fourth-order valence-electron chi connectivity index (χ4n) is 2.52. The summed E-state index contributed by atoms with van der Waals surface area (Å²) in [5.41, 5.74) is 1.64. The van der Waals surface area contributed by atoms with Gasteiger partial charge in [0.2, 0.25) is 0 Å². The van der Waals surface area contributed by atoms with Crippen LogP contribution in [-0.2, 0) is 0 Å². The molecular weight excluding hydrogens is 206 g/mol. The van der Waals surface area contributed by atoms with Gasteiger partial charge in [-0.1, -0.05) is 69.9 Å². The van der Waals surface area contributed by atoms with E-state index in [-0.39, 0.29) is 0 Å². The van der Waals surface area contributed by atoms with Gasteiger partial charge in [-0.05, 0) is 25.8 Å². The highest BCUT2D eigenvalue weighted by molar-refractivity contribution is 5.08. The van der Waals surface area contributed by atoms with E-state index in [9.17, 15) is 0 Å². The van der Waals surface area contributed by atoms with E-state index in [4.69, 9.17) is 0 Å². The highest BCUT2D eigenvalue weighted by atomic mass is 14.9. The molecule has 0 spiro atoms. The molecule has 1 heteroatoms. The number of hydrogen-bond acceptors (Lipinski definition) is 1. The minimum absolute atomic E-state index is 1.15. The van der Waals surface area contributed by atoms with Crippen LogP contribution in [0.25, 0.3) is 0 Å². The summed E-state index contributed by atoms with van der Waals surface area (Å²) in [6.45, 7) is 4.63. The monoisotopic (exact) mass is 237 g/mol. The number of allylic oxidation sites excluding steroid dienone is 1. The summed E-state index contributed by atoms with van der Waals surface area (Å²) in [6.07, 6.45) is 18.0. The Morgan fingerprint density at radius 2 is 1.59 bits per heavy atom. The van der Waals surface area contributed by atoms with Crippen molar-refractivity contribution >= 4 is 0 Å². The molecule has 0 bridgehead atoms. The van der Waals surface area contributed by atoms with Crippen LogP contribution in [0.1, 0.15) is 77.6 Å². The number of rotatable bonds is 10. The Kier molecular flexibility index (Phi) is 9.40. The minimum Gasteiger partial charge on any atom is -0.313 e. The van der Waals surface area contributed by atoms with Crippen LogP contribution in [0, 0.1) is 0 Å². The zero-order valence-corrected chi connectivity index (χ0v) is 11.8. The fourth-order valence-corrected chi connectivity index (χ4v) is 2.52. The van der Waals surface area contributed by atoms with Gasteiger partial charge >= 0.3 is 0 Å². The summed E-state index contributed by atoms with van der Waals surface area (Å²) in [4.78, 5) is 0. The summed E-state index contributed by atoms with van der Waals surface area (Å²) in [6, 6.07) is 0. The van der Waals surface area contributed by atoms with Crippen molar-refractivity contribution in [3.63, 3.8) is 0 Å². The molecule has 1 aliphatic heterocycles. The molecule has 0 atom stereocenters. The van der Waals surface area contributed by atoms with Crippen LogP contribution in [-0.4, -0.2) is 13.1 Å². The van der Waals surface area contributed by atoms with Crippen molar-refractivity contribution in [3.05, 3.63) is 11.6 Å². The third-order valence-electron chi connectivity index (χ3n) is 3.72. The molecular formula is C16H31N. The van der Waals surface area contributed by atoms with E-state index in [1.165, 1.54) is 77.2 Å². The van der Waals surface area contributed by atoms with Crippen LogP contribution in [0.3, 0.4) is 0 Å². The van der Waals surface area contributed by atoms with Crippen LogP contribution >= 0.6 is 0 Å². The predicted molar refractivity (Wildman–Crippen MR) is 77.4 cm³/mol. The van der Waals surface area contributed by atoms with Gasteiger partial charge in [-0.25, -0.2) is 0 Å². The molecule has 0 aromatic heterocycles. The van der Waals surface area contributed by atoms with Crippen LogP contribution in [0.2, 0.25) is 0 Å². The fraction of sp³-hybridized carbons (Fsp3) is 0.875. The lowest BCUT2D eigenvalue weighted by Gasteiger charge is -2.01. The Bertz CT molecular complexity index is 188. The second-order valence-electron chi connectivity index (χ2n) is 5.41. The smallest absolute Gasteiger partial charge is 0.0165 e. The summed E-state index contributed by atoms with van der Waals surface area (Å²) in [7, 11) is 0. The van der Waals surface area contributed by atoms with E-state index in [1.807, 2.05) is 0 Å². The molecule has 1 saturated heterocycles. The molecule has 1 N–H and O–H groups in total. The first-order valence-corrected chi connectivity index (χ1v) is 7.82. The van der Waals surface area contributed by atoms with Gasteiger partial charge in [0.25, 0.3) is 0 Å². The Hall–Kier alpha value is -0.300. The maximum Gasteiger partial charge on any atom is 0.0165 e. The molecule has 1 rings (SSSR count). The van der Waals surface area contributed by atoms with Crippen molar-refractivity contribution in [1.82, 2.24) is 5.32 Å². The van der Waals surface area contributed by atoms with Gasteiger partial charge < -0.3 is 5.32 Å².